The number of alkyl halides is 2. The number of nitrogens with one attached hydrogen (secondary N) is 3. The predicted molar refractivity (Wildman–Crippen MR) is 107 cm³/mol. The zero-order valence-corrected chi connectivity index (χ0v) is 17.0. The number of rotatable bonds is 8. The number of halogens is 3. The van der Waals surface area contributed by atoms with E-state index in [9.17, 15) is 27.6 Å². The number of aromatic amines is 1. The number of benzene rings is 1. The Morgan fingerprint density at radius 2 is 2.03 bits per heavy atom. The summed E-state index contributed by atoms with van der Waals surface area (Å²) in [6.07, 6.45) is -1.19. The summed E-state index contributed by atoms with van der Waals surface area (Å²) in [5, 5.41) is 23.0. The van der Waals surface area contributed by atoms with Gasteiger partial charge in [0.2, 0.25) is 6.43 Å². The van der Waals surface area contributed by atoms with Gasteiger partial charge in [-0.2, -0.15) is 20.7 Å². The second-order valence-electron chi connectivity index (χ2n) is 6.86. The number of carbonyl (C=O) groups is 3. The zero-order valence-electron chi connectivity index (χ0n) is 17.0. The second-order valence-corrected chi connectivity index (χ2v) is 6.86. The lowest BCUT2D eigenvalue weighted by Gasteiger charge is -2.15. The predicted octanol–water partition coefficient (Wildman–Crippen LogP) is 2.10. The van der Waals surface area contributed by atoms with Gasteiger partial charge in [-0.3, -0.25) is 14.4 Å². The van der Waals surface area contributed by atoms with Crippen LogP contribution in [0.5, 0.6) is 0 Å². The van der Waals surface area contributed by atoms with Gasteiger partial charge in [-0.25, -0.2) is 13.2 Å². The summed E-state index contributed by atoms with van der Waals surface area (Å²) in [7, 11) is 1.45. The third-order valence-corrected chi connectivity index (χ3v) is 4.56. The minimum Gasteiger partial charge on any atom is -0.346 e. The highest BCUT2D eigenvalue weighted by atomic mass is 19.3. The molecule has 10 nitrogen and oxygen atoms in total. The summed E-state index contributed by atoms with van der Waals surface area (Å²) in [4.78, 5) is 37.5. The number of nitrogens with zero attached hydrogens (tertiary/aromatic N) is 4. The standard InChI is InChI=1S/C20H16F3N7O3/c1-30-9-11(5-16(30)19(32)26-12-2-3-13(21)10(4-12)7-24)18(31)20(33)27-14(6-17(22)23)15-8-25-29-28-15/h2-5,8-9,14,17H,6H2,1H3,(H,26,32)(H,27,33)(H,25,28,29). The SMILES string of the molecule is Cn1cc(C(=O)C(=O)NC(CC(F)F)c2cn[nH]n2)cc1C(=O)Nc1ccc(F)c(C#N)c1. The highest BCUT2D eigenvalue weighted by Crippen LogP contribution is 2.19. The third-order valence-electron chi connectivity index (χ3n) is 4.56. The van der Waals surface area contributed by atoms with Crippen molar-refractivity contribution >= 4 is 23.3 Å². The van der Waals surface area contributed by atoms with E-state index in [1.807, 2.05) is 0 Å². The van der Waals surface area contributed by atoms with E-state index in [1.165, 1.54) is 23.9 Å². The number of amides is 2. The first-order valence-corrected chi connectivity index (χ1v) is 9.36. The molecule has 0 fully saturated rings. The van der Waals surface area contributed by atoms with Crippen molar-refractivity contribution in [2.75, 3.05) is 5.32 Å². The fourth-order valence-corrected chi connectivity index (χ4v) is 2.96. The maximum Gasteiger partial charge on any atom is 0.292 e. The molecular formula is C20H16F3N7O3. The van der Waals surface area contributed by atoms with Crippen LogP contribution in [0.1, 0.15) is 44.6 Å². The summed E-state index contributed by atoms with van der Waals surface area (Å²) in [5.74, 6) is -3.66. The van der Waals surface area contributed by atoms with Crippen molar-refractivity contribution in [3.63, 3.8) is 0 Å². The molecule has 1 unspecified atom stereocenters. The Hall–Kier alpha value is -4.47. The Balaban J connectivity index is 1.74. The maximum atomic E-state index is 13.4. The van der Waals surface area contributed by atoms with Crippen LogP contribution < -0.4 is 10.6 Å². The number of nitriles is 1. The van der Waals surface area contributed by atoms with Gasteiger partial charge in [0.1, 0.15) is 23.3 Å². The normalized spacial score (nSPS) is 11.6. The van der Waals surface area contributed by atoms with Gasteiger partial charge in [-0.15, -0.1) is 0 Å². The molecular weight excluding hydrogens is 443 g/mol. The van der Waals surface area contributed by atoms with Gasteiger partial charge in [-0.05, 0) is 24.3 Å². The largest absolute Gasteiger partial charge is 0.346 e. The van der Waals surface area contributed by atoms with Gasteiger partial charge in [0, 0.05) is 30.9 Å². The molecule has 33 heavy (non-hydrogen) atoms. The van der Waals surface area contributed by atoms with Crippen molar-refractivity contribution in [3.05, 3.63) is 65.0 Å². The lowest BCUT2D eigenvalue weighted by atomic mass is 10.1. The van der Waals surface area contributed by atoms with Crippen LogP contribution in [0, 0.1) is 17.1 Å². The molecule has 0 saturated carbocycles. The van der Waals surface area contributed by atoms with Gasteiger partial charge in [-0.1, -0.05) is 0 Å². The van der Waals surface area contributed by atoms with Crippen LogP contribution in [0.4, 0.5) is 18.9 Å². The van der Waals surface area contributed by atoms with E-state index in [1.54, 1.807) is 6.07 Å². The molecule has 3 N–H and O–H groups in total. The topological polar surface area (TPSA) is 146 Å². The molecule has 0 radical (unpaired) electrons. The molecule has 3 aromatic rings. The van der Waals surface area contributed by atoms with Crippen LogP contribution in [0.2, 0.25) is 0 Å². The summed E-state index contributed by atoms with van der Waals surface area (Å²) in [6, 6.07) is 4.96. The Labute approximate surface area is 184 Å². The number of carbonyl (C=O) groups excluding carboxylic acids is 3. The van der Waals surface area contributed by atoms with Crippen molar-refractivity contribution < 1.29 is 27.6 Å². The molecule has 1 aromatic carbocycles. The molecule has 170 valence electrons. The molecule has 1 atom stereocenters. The van der Waals surface area contributed by atoms with Gasteiger partial charge >= 0.3 is 0 Å². The number of aryl methyl sites for hydroxylation is 1. The molecule has 2 amide bonds. The maximum absolute atomic E-state index is 13.4. The Bertz CT molecular complexity index is 1230. The Morgan fingerprint density at radius 3 is 2.67 bits per heavy atom. The first kappa shape index (κ1) is 23.2. The minimum atomic E-state index is -2.78. The van der Waals surface area contributed by atoms with Crippen molar-refractivity contribution in [2.45, 2.75) is 18.9 Å². The van der Waals surface area contributed by atoms with Crippen molar-refractivity contribution in [1.29, 1.82) is 5.26 Å². The molecule has 0 aliphatic rings. The molecule has 2 aromatic heterocycles. The molecule has 2 heterocycles. The van der Waals surface area contributed by atoms with Gasteiger partial charge in [0.25, 0.3) is 17.6 Å². The van der Waals surface area contributed by atoms with Crippen molar-refractivity contribution in [2.24, 2.45) is 7.05 Å². The number of anilines is 1. The van der Waals surface area contributed by atoms with E-state index in [2.05, 4.69) is 26.0 Å². The number of hydrogen-bond acceptors (Lipinski definition) is 6. The lowest BCUT2D eigenvalue weighted by Crippen LogP contribution is -2.35. The first-order valence-electron chi connectivity index (χ1n) is 9.36. The van der Waals surface area contributed by atoms with E-state index >= 15 is 0 Å². The summed E-state index contributed by atoms with van der Waals surface area (Å²) in [5.41, 5.74) is -0.270. The van der Waals surface area contributed by atoms with Crippen LogP contribution in [-0.2, 0) is 11.8 Å². The lowest BCUT2D eigenvalue weighted by molar-refractivity contribution is -0.118. The third kappa shape index (κ3) is 5.42. The van der Waals surface area contributed by atoms with Crippen molar-refractivity contribution in [3.8, 4) is 6.07 Å². The molecule has 0 saturated heterocycles. The molecule has 0 aliphatic heterocycles. The second kappa shape index (κ2) is 9.77. The number of hydrogen-bond donors (Lipinski definition) is 3. The average Bonchev–Trinajstić information content (AvgIpc) is 3.43. The smallest absolute Gasteiger partial charge is 0.292 e. The van der Waals surface area contributed by atoms with E-state index in [-0.39, 0.29) is 28.2 Å². The number of ketones is 1. The van der Waals surface area contributed by atoms with Crippen LogP contribution in [0.15, 0.2) is 36.7 Å². The fourth-order valence-electron chi connectivity index (χ4n) is 2.96. The minimum absolute atomic E-state index is 0.0189. The molecule has 13 heteroatoms. The molecule has 0 spiro atoms. The van der Waals surface area contributed by atoms with Gasteiger partial charge < -0.3 is 15.2 Å². The number of aromatic nitrogens is 4. The van der Waals surface area contributed by atoms with E-state index in [0.717, 1.165) is 24.4 Å². The average molecular weight is 459 g/mol. The molecule has 0 aliphatic carbocycles. The van der Waals surface area contributed by atoms with Crippen LogP contribution >= 0.6 is 0 Å². The number of H-pyrrole nitrogens is 1. The monoisotopic (exact) mass is 459 g/mol. The Morgan fingerprint density at radius 1 is 1.27 bits per heavy atom. The molecule has 0 bridgehead atoms. The number of Topliss-reactive ketones (excluding diaryl/α,β-unsaturated/α-hetero) is 1. The Kier molecular flexibility index (Phi) is 6.87. The fraction of sp³-hybridized carbons (Fsp3) is 0.200. The van der Waals surface area contributed by atoms with E-state index in [4.69, 9.17) is 5.26 Å². The zero-order chi connectivity index (χ0) is 24.1. The van der Waals surface area contributed by atoms with Crippen LogP contribution in [-0.4, -0.2) is 44.0 Å². The van der Waals surface area contributed by atoms with Gasteiger partial charge in [0.05, 0.1) is 17.8 Å². The highest BCUT2D eigenvalue weighted by molar-refractivity contribution is 6.43. The first-order chi connectivity index (χ1) is 15.7. The highest BCUT2D eigenvalue weighted by Gasteiger charge is 2.27. The summed E-state index contributed by atoms with van der Waals surface area (Å²) < 4.78 is 40.5. The van der Waals surface area contributed by atoms with Crippen LogP contribution in [0.25, 0.3) is 0 Å². The molecule has 3 rings (SSSR count). The van der Waals surface area contributed by atoms with E-state index < -0.39 is 42.3 Å². The van der Waals surface area contributed by atoms with Crippen molar-refractivity contribution in [1.82, 2.24) is 25.3 Å². The van der Waals surface area contributed by atoms with E-state index in [0.29, 0.717) is 0 Å². The summed E-state index contributed by atoms with van der Waals surface area (Å²) in [6.45, 7) is 0. The summed E-state index contributed by atoms with van der Waals surface area (Å²) >= 11 is 0. The van der Waals surface area contributed by atoms with Gasteiger partial charge in [0.15, 0.2) is 0 Å². The van der Waals surface area contributed by atoms with Crippen LogP contribution in [0.3, 0.4) is 0 Å². The quantitative estimate of drug-likeness (QED) is 0.347.